The minimum absolute atomic E-state index is 0.0109. The van der Waals surface area contributed by atoms with Crippen LogP contribution in [0.2, 0.25) is 0 Å². The van der Waals surface area contributed by atoms with Gasteiger partial charge in [-0.05, 0) is 24.3 Å². The number of hydrogen-bond acceptors (Lipinski definition) is 5. The van der Waals surface area contributed by atoms with Crippen LogP contribution in [0, 0.1) is 10.1 Å². The van der Waals surface area contributed by atoms with Gasteiger partial charge in [-0.1, -0.05) is 12.1 Å². The van der Waals surface area contributed by atoms with Crippen molar-refractivity contribution >= 4 is 23.0 Å². The Hall–Kier alpha value is -2.89. The first kappa shape index (κ1) is 13.5. The summed E-state index contributed by atoms with van der Waals surface area (Å²) in [4.78, 5) is 21.7. The van der Waals surface area contributed by atoms with E-state index >= 15 is 0 Å². The highest BCUT2D eigenvalue weighted by Gasteiger charge is 2.11. The van der Waals surface area contributed by atoms with Crippen molar-refractivity contribution in [1.29, 1.82) is 0 Å². The van der Waals surface area contributed by atoms with E-state index in [2.05, 4.69) is 5.32 Å². The predicted molar refractivity (Wildman–Crippen MR) is 74.2 cm³/mol. The Morgan fingerprint density at radius 1 is 1.15 bits per heavy atom. The van der Waals surface area contributed by atoms with Gasteiger partial charge in [0.2, 0.25) is 0 Å². The first-order valence-corrected chi connectivity index (χ1v) is 5.80. The maximum atomic E-state index is 11.6. The maximum absolute atomic E-state index is 11.6. The average Bonchev–Trinajstić information content (AvgIpc) is 2.47. The molecule has 6 heteroatoms. The summed E-state index contributed by atoms with van der Waals surface area (Å²) >= 11 is 0. The molecule has 0 aliphatic carbocycles. The Balaban J connectivity index is 2.26. The lowest BCUT2D eigenvalue weighted by Gasteiger charge is -2.10. The molecule has 0 spiro atoms. The topological polar surface area (TPSA) is 81.5 Å². The van der Waals surface area contributed by atoms with Gasteiger partial charge in [-0.25, -0.2) is 4.79 Å². The monoisotopic (exact) mass is 272 g/mol. The zero-order valence-electron chi connectivity index (χ0n) is 10.7. The van der Waals surface area contributed by atoms with E-state index in [1.54, 1.807) is 36.4 Å². The Labute approximate surface area is 115 Å². The third kappa shape index (κ3) is 2.92. The zero-order chi connectivity index (χ0) is 14.5. The highest BCUT2D eigenvalue weighted by atomic mass is 16.6. The Bertz CT molecular complexity index is 638. The Kier molecular flexibility index (Phi) is 3.95. The number of nitro groups is 1. The fraction of sp³-hybridized carbons (Fsp3) is 0.0714. The summed E-state index contributed by atoms with van der Waals surface area (Å²) in [7, 11) is 1.31. The molecular weight excluding hydrogens is 260 g/mol. The second-order valence-electron chi connectivity index (χ2n) is 3.97. The summed E-state index contributed by atoms with van der Waals surface area (Å²) in [6, 6.07) is 12.8. The molecule has 0 bridgehead atoms. The van der Waals surface area contributed by atoms with Crippen molar-refractivity contribution in [2.75, 3.05) is 12.4 Å². The lowest BCUT2D eigenvalue weighted by Crippen LogP contribution is -2.05. The van der Waals surface area contributed by atoms with Crippen LogP contribution in [0.1, 0.15) is 10.4 Å². The van der Waals surface area contributed by atoms with Crippen LogP contribution < -0.4 is 5.32 Å². The number of para-hydroxylation sites is 1. The largest absolute Gasteiger partial charge is 0.465 e. The van der Waals surface area contributed by atoms with Crippen molar-refractivity contribution in [3.05, 3.63) is 64.2 Å². The third-order valence-corrected chi connectivity index (χ3v) is 2.69. The molecule has 0 aliphatic rings. The minimum Gasteiger partial charge on any atom is -0.465 e. The van der Waals surface area contributed by atoms with Crippen LogP contribution in [0.3, 0.4) is 0 Å². The summed E-state index contributed by atoms with van der Waals surface area (Å²) in [5, 5.41) is 13.6. The summed E-state index contributed by atoms with van der Waals surface area (Å²) in [6.07, 6.45) is 0. The number of nitrogens with one attached hydrogen (secondary N) is 1. The van der Waals surface area contributed by atoms with Crippen LogP contribution in [0.5, 0.6) is 0 Å². The van der Waals surface area contributed by atoms with Gasteiger partial charge < -0.3 is 10.1 Å². The molecule has 0 fully saturated rings. The number of esters is 1. The second kappa shape index (κ2) is 5.83. The maximum Gasteiger partial charge on any atom is 0.339 e. The number of benzene rings is 2. The lowest BCUT2D eigenvalue weighted by atomic mass is 10.1. The Morgan fingerprint density at radius 3 is 2.40 bits per heavy atom. The smallest absolute Gasteiger partial charge is 0.339 e. The fourth-order valence-corrected chi connectivity index (χ4v) is 1.70. The SMILES string of the molecule is COC(=O)c1ccccc1Nc1ccc([N+](=O)[O-])cc1. The van der Waals surface area contributed by atoms with Crippen molar-refractivity contribution < 1.29 is 14.5 Å². The van der Waals surface area contributed by atoms with Gasteiger partial charge in [0, 0.05) is 17.8 Å². The van der Waals surface area contributed by atoms with Gasteiger partial charge in [0.15, 0.2) is 0 Å². The number of nitrogens with zero attached hydrogens (tertiary/aromatic N) is 1. The first-order chi connectivity index (χ1) is 9.61. The Morgan fingerprint density at radius 2 is 1.80 bits per heavy atom. The molecule has 0 heterocycles. The van der Waals surface area contributed by atoms with Crippen LogP contribution in [-0.2, 0) is 4.74 Å². The number of anilines is 2. The van der Waals surface area contributed by atoms with E-state index in [0.29, 0.717) is 16.9 Å². The molecular formula is C14H12N2O4. The van der Waals surface area contributed by atoms with Gasteiger partial charge >= 0.3 is 5.97 Å². The standard InChI is InChI=1S/C14H12N2O4/c1-20-14(17)12-4-2-3-5-13(12)15-10-6-8-11(9-7-10)16(18)19/h2-9,15H,1H3. The molecule has 2 aromatic rings. The molecule has 20 heavy (non-hydrogen) atoms. The quantitative estimate of drug-likeness (QED) is 0.525. The van der Waals surface area contributed by atoms with Gasteiger partial charge in [0.05, 0.1) is 23.3 Å². The molecule has 2 aromatic carbocycles. The normalized spacial score (nSPS) is 9.85. The number of hydrogen-bond donors (Lipinski definition) is 1. The van der Waals surface area contributed by atoms with Crippen molar-refractivity contribution in [1.82, 2.24) is 0 Å². The van der Waals surface area contributed by atoms with E-state index in [0.717, 1.165) is 0 Å². The molecule has 0 amide bonds. The van der Waals surface area contributed by atoms with E-state index in [9.17, 15) is 14.9 Å². The van der Waals surface area contributed by atoms with Crippen molar-refractivity contribution in [3.8, 4) is 0 Å². The number of rotatable bonds is 4. The molecule has 0 radical (unpaired) electrons. The molecule has 0 aromatic heterocycles. The summed E-state index contributed by atoms with van der Waals surface area (Å²) < 4.78 is 4.70. The van der Waals surface area contributed by atoms with Crippen molar-refractivity contribution in [2.24, 2.45) is 0 Å². The second-order valence-corrected chi connectivity index (χ2v) is 3.97. The molecule has 0 saturated heterocycles. The van der Waals surface area contributed by atoms with Gasteiger partial charge in [-0.15, -0.1) is 0 Å². The minimum atomic E-state index is -0.466. The summed E-state index contributed by atoms with van der Waals surface area (Å²) in [5.74, 6) is -0.449. The van der Waals surface area contributed by atoms with E-state index in [1.165, 1.54) is 19.2 Å². The molecule has 102 valence electrons. The van der Waals surface area contributed by atoms with Crippen LogP contribution >= 0.6 is 0 Å². The van der Waals surface area contributed by atoms with E-state index in [1.807, 2.05) is 0 Å². The molecule has 0 aliphatic heterocycles. The van der Waals surface area contributed by atoms with Crippen LogP contribution in [-0.4, -0.2) is 18.0 Å². The third-order valence-electron chi connectivity index (χ3n) is 2.69. The highest BCUT2D eigenvalue weighted by Crippen LogP contribution is 2.23. The summed E-state index contributed by atoms with van der Waals surface area (Å²) in [6.45, 7) is 0. The predicted octanol–water partition coefficient (Wildman–Crippen LogP) is 3.13. The van der Waals surface area contributed by atoms with Crippen molar-refractivity contribution in [2.45, 2.75) is 0 Å². The number of carbonyl (C=O) groups excluding carboxylic acids is 1. The molecule has 0 unspecified atom stereocenters. The van der Waals surface area contributed by atoms with Gasteiger partial charge in [0.25, 0.3) is 5.69 Å². The first-order valence-electron chi connectivity index (χ1n) is 5.80. The van der Waals surface area contributed by atoms with Gasteiger partial charge in [-0.2, -0.15) is 0 Å². The number of carbonyl (C=O) groups is 1. The highest BCUT2D eigenvalue weighted by molar-refractivity contribution is 5.96. The molecule has 0 atom stereocenters. The lowest BCUT2D eigenvalue weighted by molar-refractivity contribution is -0.384. The van der Waals surface area contributed by atoms with Crippen LogP contribution in [0.4, 0.5) is 17.1 Å². The van der Waals surface area contributed by atoms with Crippen LogP contribution in [0.25, 0.3) is 0 Å². The molecule has 2 rings (SSSR count). The van der Waals surface area contributed by atoms with E-state index < -0.39 is 10.9 Å². The molecule has 1 N–H and O–H groups in total. The zero-order valence-corrected chi connectivity index (χ0v) is 10.7. The number of methoxy groups -OCH3 is 1. The number of ether oxygens (including phenoxy) is 1. The van der Waals surface area contributed by atoms with E-state index in [4.69, 9.17) is 4.74 Å². The fourth-order valence-electron chi connectivity index (χ4n) is 1.70. The van der Waals surface area contributed by atoms with E-state index in [-0.39, 0.29) is 5.69 Å². The van der Waals surface area contributed by atoms with Crippen molar-refractivity contribution in [3.63, 3.8) is 0 Å². The van der Waals surface area contributed by atoms with Gasteiger partial charge in [-0.3, -0.25) is 10.1 Å². The number of non-ortho nitro benzene ring substituents is 1. The van der Waals surface area contributed by atoms with Gasteiger partial charge in [0.1, 0.15) is 0 Å². The van der Waals surface area contributed by atoms with Crippen LogP contribution in [0.15, 0.2) is 48.5 Å². The average molecular weight is 272 g/mol. The molecule has 0 saturated carbocycles. The summed E-state index contributed by atoms with van der Waals surface area (Å²) in [5.41, 5.74) is 1.63. The number of nitro benzene ring substituents is 1. The molecule has 6 nitrogen and oxygen atoms in total.